The number of benzene rings is 4. The molecule has 0 fully saturated rings. The molecule has 62 heavy (non-hydrogen) atoms. The monoisotopic (exact) mass is 861 g/mol. The van der Waals surface area contributed by atoms with Crippen molar-refractivity contribution in [1.29, 1.82) is 0 Å². The summed E-state index contributed by atoms with van der Waals surface area (Å²) >= 11 is 0. The molecular formula is C60H84Si2. The third kappa shape index (κ3) is 6.34. The molecule has 4 aliphatic rings. The van der Waals surface area contributed by atoms with Crippen LogP contribution in [-0.4, -0.2) is 15.8 Å². The zero-order chi connectivity index (χ0) is 45.1. The standard InChI is InChI=1S/C60H84Si2/c1-17-57(18-2)37-53(9,10)43-35-44-48(58(19-3,20-4)38-54(44,11)12)51(47(43)57)61(41-31-27-25-28-32-41)62(42-33-29-26-30-34-42)52-49-45(55(13,14)39-59(49,21-5)22-6)36-46-50(52)60(23-7,24-8)40-56(46,15)16/h25-36H,17-24,37-40H2,1-16H3/b62-61+. The van der Waals surface area contributed by atoms with Crippen molar-refractivity contribution in [3.8, 4) is 0 Å². The lowest BCUT2D eigenvalue weighted by Gasteiger charge is -2.39. The lowest BCUT2D eigenvalue weighted by atomic mass is 9.72. The lowest BCUT2D eigenvalue weighted by Crippen LogP contribution is -2.58. The smallest absolute Gasteiger partial charge is 0.0645 e. The first-order valence-electron chi connectivity index (χ1n) is 25.5. The molecule has 0 bridgehead atoms. The number of hydrogen-bond acceptors (Lipinski definition) is 0. The molecule has 0 aromatic heterocycles. The molecular weight excluding hydrogens is 777 g/mol. The summed E-state index contributed by atoms with van der Waals surface area (Å²) in [6, 6.07) is 30.5. The average Bonchev–Trinajstić information content (AvgIpc) is 3.85. The Hall–Kier alpha value is -2.69. The maximum Gasteiger partial charge on any atom is 0.0694 e. The largest absolute Gasteiger partial charge is 0.0694 e. The van der Waals surface area contributed by atoms with Crippen molar-refractivity contribution in [3.05, 3.63) is 117 Å². The minimum absolute atomic E-state index is 0.122. The second kappa shape index (κ2) is 15.5. The Balaban J connectivity index is 1.78. The highest BCUT2D eigenvalue weighted by atomic mass is 28.9. The van der Waals surface area contributed by atoms with E-state index in [-0.39, 0.29) is 43.3 Å². The summed E-state index contributed by atoms with van der Waals surface area (Å²) in [6.07, 6.45) is 14.7. The highest BCUT2D eigenvalue weighted by Crippen LogP contribution is 2.61. The van der Waals surface area contributed by atoms with E-state index in [4.69, 9.17) is 0 Å². The molecule has 0 saturated carbocycles. The van der Waals surface area contributed by atoms with Gasteiger partial charge in [0.1, 0.15) is 0 Å². The van der Waals surface area contributed by atoms with Crippen LogP contribution in [0.25, 0.3) is 0 Å². The van der Waals surface area contributed by atoms with Gasteiger partial charge in [0.25, 0.3) is 0 Å². The fourth-order valence-corrected chi connectivity index (χ4v) is 26.8. The van der Waals surface area contributed by atoms with Crippen LogP contribution in [-0.2, 0) is 43.3 Å². The molecule has 4 aromatic rings. The molecule has 0 unspecified atom stereocenters. The first-order chi connectivity index (χ1) is 29.2. The van der Waals surface area contributed by atoms with E-state index in [0.29, 0.717) is 0 Å². The van der Waals surface area contributed by atoms with Crippen molar-refractivity contribution in [3.63, 3.8) is 0 Å². The number of rotatable bonds is 12. The number of hydrogen-bond donors (Lipinski definition) is 0. The van der Waals surface area contributed by atoms with Crippen LogP contribution in [0.4, 0.5) is 0 Å². The Morgan fingerprint density at radius 3 is 0.742 bits per heavy atom. The fraction of sp³-hybridized carbons (Fsp3) is 0.600. The first kappa shape index (κ1) is 45.9. The molecule has 0 radical (unpaired) electrons. The van der Waals surface area contributed by atoms with Gasteiger partial charge in [-0.1, -0.05) is 184 Å². The van der Waals surface area contributed by atoms with E-state index < -0.39 is 15.8 Å². The van der Waals surface area contributed by atoms with Gasteiger partial charge in [-0.3, -0.25) is 0 Å². The van der Waals surface area contributed by atoms with Gasteiger partial charge in [-0.2, -0.15) is 0 Å². The van der Waals surface area contributed by atoms with Gasteiger partial charge in [0, 0.05) is 0 Å². The second-order valence-electron chi connectivity index (χ2n) is 23.9. The van der Waals surface area contributed by atoms with Gasteiger partial charge in [0.2, 0.25) is 0 Å². The Morgan fingerprint density at radius 1 is 0.339 bits per heavy atom. The zero-order valence-electron chi connectivity index (χ0n) is 42.4. The minimum Gasteiger partial charge on any atom is -0.0645 e. The van der Waals surface area contributed by atoms with Crippen LogP contribution in [0.3, 0.4) is 0 Å². The van der Waals surface area contributed by atoms with Crippen LogP contribution in [0.2, 0.25) is 0 Å². The summed E-state index contributed by atoms with van der Waals surface area (Å²) in [5.74, 6) is 0. The Morgan fingerprint density at radius 2 is 0.548 bits per heavy atom. The van der Waals surface area contributed by atoms with Gasteiger partial charge in [-0.25, -0.2) is 0 Å². The zero-order valence-corrected chi connectivity index (χ0v) is 44.4. The van der Waals surface area contributed by atoms with E-state index in [1.54, 1.807) is 32.6 Å². The third-order valence-electron chi connectivity index (χ3n) is 19.1. The molecule has 0 amide bonds. The lowest BCUT2D eigenvalue weighted by molar-refractivity contribution is 0.323. The van der Waals surface area contributed by atoms with E-state index >= 15 is 0 Å². The molecule has 0 nitrogen and oxygen atoms in total. The molecule has 0 atom stereocenters. The summed E-state index contributed by atoms with van der Waals surface area (Å²) in [4.78, 5) is 0. The minimum atomic E-state index is -1.51. The second-order valence-corrected chi connectivity index (χ2v) is 30.5. The maximum atomic E-state index is 2.84. The molecule has 0 N–H and O–H groups in total. The van der Waals surface area contributed by atoms with Crippen molar-refractivity contribution in [2.75, 3.05) is 0 Å². The predicted molar refractivity (Wildman–Crippen MR) is 275 cm³/mol. The van der Waals surface area contributed by atoms with Crippen LogP contribution in [0.15, 0.2) is 72.8 Å². The quantitative estimate of drug-likeness (QED) is 0.125. The SMILES string of the molecule is CCC1(CC)CC(C)(C)c2cc3c(c(/[Si](c4ccccc4)=[Si](\c4ccccc4)c4c5c(cc6c4C(CC)(CC)CC6(C)C)C(C)(C)CC5(CC)CC)c21)C(CC)(CC)CC3(C)C. The van der Waals surface area contributed by atoms with Crippen LogP contribution in [0.1, 0.15) is 232 Å². The van der Waals surface area contributed by atoms with E-state index in [1.807, 2.05) is 32.6 Å². The van der Waals surface area contributed by atoms with E-state index in [1.165, 1.54) is 77.0 Å². The maximum absolute atomic E-state index is 2.84. The van der Waals surface area contributed by atoms with Gasteiger partial charge < -0.3 is 0 Å². The topological polar surface area (TPSA) is 0 Å². The Kier molecular flexibility index (Phi) is 11.4. The first-order valence-corrected chi connectivity index (χ1v) is 29.5. The van der Waals surface area contributed by atoms with E-state index in [9.17, 15) is 0 Å². The van der Waals surface area contributed by atoms with Gasteiger partial charge in [-0.15, -0.1) is 0 Å². The highest BCUT2D eigenvalue weighted by molar-refractivity contribution is 7.19. The average molecular weight is 862 g/mol. The van der Waals surface area contributed by atoms with Crippen LogP contribution < -0.4 is 20.7 Å². The van der Waals surface area contributed by atoms with E-state index in [0.717, 1.165) is 0 Å². The van der Waals surface area contributed by atoms with Gasteiger partial charge in [0.15, 0.2) is 0 Å². The van der Waals surface area contributed by atoms with Gasteiger partial charge in [0.05, 0.1) is 15.8 Å². The Labute approximate surface area is 383 Å². The van der Waals surface area contributed by atoms with Crippen molar-refractivity contribution in [1.82, 2.24) is 0 Å². The number of fused-ring (bicyclic) bond motifs is 4. The highest BCUT2D eigenvalue weighted by Gasteiger charge is 2.57. The van der Waals surface area contributed by atoms with Crippen molar-refractivity contribution >= 4 is 36.5 Å². The van der Waals surface area contributed by atoms with Gasteiger partial charge >= 0.3 is 0 Å². The summed E-state index contributed by atoms with van der Waals surface area (Å²) in [6.45, 7) is 41.4. The Bertz CT molecular complexity index is 2100. The third-order valence-corrected chi connectivity index (χ3v) is 28.2. The molecule has 0 saturated heterocycles. The van der Waals surface area contributed by atoms with Crippen LogP contribution in [0, 0.1) is 0 Å². The molecule has 332 valence electrons. The van der Waals surface area contributed by atoms with Crippen LogP contribution in [0.5, 0.6) is 0 Å². The molecule has 0 heterocycles. The molecule has 4 aliphatic carbocycles. The summed E-state index contributed by atoms with van der Waals surface area (Å²) < 4.78 is 0. The normalized spacial score (nSPS) is 22.5. The summed E-state index contributed by atoms with van der Waals surface area (Å²) in [5.41, 5.74) is 15.3. The van der Waals surface area contributed by atoms with Gasteiger partial charge in [-0.05, 0) is 186 Å². The van der Waals surface area contributed by atoms with Crippen LogP contribution >= 0.6 is 0 Å². The molecule has 2 heteroatoms. The van der Waals surface area contributed by atoms with Crippen molar-refractivity contribution in [2.24, 2.45) is 0 Å². The molecule has 4 aromatic carbocycles. The summed E-state index contributed by atoms with van der Waals surface area (Å²) in [5, 5.41) is 7.10. The fourth-order valence-electron chi connectivity index (χ4n) is 15.8. The summed E-state index contributed by atoms with van der Waals surface area (Å²) in [7, 11) is -3.03. The van der Waals surface area contributed by atoms with E-state index in [2.05, 4.69) is 184 Å². The molecule has 0 aliphatic heterocycles. The van der Waals surface area contributed by atoms with Crippen molar-refractivity contribution < 1.29 is 0 Å². The van der Waals surface area contributed by atoms with Crippen molar-refractivity contribution in [2.45, 2.75) is 231 Å². The predicted octanol–water partition coefficient (Wildman–Crippen LogP) is 13.6. The molecule has 8 rings (SSSR count). The molecule has 0 spiro atoms.